The minimum absolute atomic E-state index is 0.0242. The van der Waals surface area contributed by atoms with Crippen molar-refractivity contribution in [2.75, 3.05) is 32.1 Å². The zero-order valence-corrected chi connectivity index (χ0v) is 11.6. The van der Waals surface area contributed by atoms with E-state index in [0.29, 0.717) is 31.1 Å². The van der Waals surface area contributed by atoms with Crippen LogP contribution >= 0.6 is 0 Å². The lowest BCUT2D eigenvalue weighted by Crippen LogP contribution is -2.27. The lowest BCUT2D eigenvalue weighted by Gasteiger charge is -2.14. The molecule has 0 aromatic heterocycles. The van der Waals surface area contributed by atoms with E-state index in [1.165, 1.54) is 24.1 Å². The molecule has 1 atom stereocenters. The van der Waals surface area contributed by atoms with Crippen molar-refractivity contribution in [3.05, 3.63) is 28.3 Å². The number of likely N-dealkylation sites (tertiary alicyclic amines) is 1. The van der Waals surface area contributed by atoms with Crippen LogP contribution in [0, 0.1) is 16.0 Å². The largest absolute Gasteiger partial charge is 0.497 e. The number of hydrogen-bond donors (Lipinski definition) is 2. The number of hydrogen-bond acceptors (Lipinski definition) is 5. The van der Waals surface area contributed by atoms with Gasteiger partial charge in [-0.25, -0.2) is 4.79 Å². The van der Waals surface area contributed by atoms with Crippen LogP contribution in [0.3, 0.4) is 0 Å². The third kappa shape index (κ3) is 3.53. The van der Waals surface area contributed by atoms with Crippen LogP contribution in [0.1, 0.15) is 6.42 Å². The van der Waals surface area contributed by atoms with Crippen LogP contribution in [0.2, 0.25) is 0 Å². The number of ether oxygens (including phenoxy) is 1. The summed E-state index contributed by atoms with van der Waals surface area (Å²) in [6, 6.07) is 4.49. The Hall–Kier alpha value is -2.51. The predicted octanol–water partition coefficient (Wildman–Crippen LogP) is 2.02. The third-order valence-electron chi connectivity index (χ3n) is 3.54. The molecule has 2 N–H and O–H groups in total. The van der Waals surface area contributed by atoms with Crippen LogP contribution in [0.4, 0.5) is 16.2 Å². The first-order valence-electron chi connectivity index (χ1n) is 6.55. The molecule has 114 valence electrons. The van der Waals surface area contributed by atoms with Crippen molar-refractivity contribution in [1.82, 2.24) is 4.90 Å². The van der Waals surface area contributed by atoms with Crippen molar-refractivity contribution in [3.8, 4) is 5.75 Å². The molecule has 2 rings (SSSR count). The van der Waals surface area contributed by atoms with Crippen molar-refractivity contribution in [3.63, 3.8) is 0 Å². The van der Waals surface area contributed by atoms with Crippen molar-refractivity contribution in [2.45, 2.75) is 6.42 Å². The highest BCUT2D eigenvalue weighted by Crippen LogP contribution is 2.29. The van der Waals surface area contributed by atoms with Gasteiger partial charge in [0.15, 0.2) is 0 Å². The molecule has 0 saturated carbocycles. The number of amides is 1. The van der Waals surface area contributed by atoms with Gasteiger partial charge in [0.2, 0.25) is 0 Å². The maximum absolute atomic E-state index is 11.0. The summed E-state index contributed by atoms with van der Waals surface area (Å²) in [5.74, 6) is 0.675. The van der Waals surface area contributed by atoms with E-state index in [4.69, 9.17) is 9.84 Å². The Morgan fingerprint density at radius 2 is 2.38 bits per heavy atom. The number of carbonyl (C=O) groups is 1. The first kappa shape index (κ1) is 14.9. The van der Waals surface area contributed by atoms with Gasteiger partial charge in [-0.3, -0.25) is 10.1 Å². The number of carboxylic acid groups (broad SMARTS) is 1. The summed E-state index contributed by atoms with van der Waals surface area (Å²) in [5.41, 5.74) is 0.358. The summed E-state index contributed by atoms with van der Waals surface area (Å²) < 4.78 is 5.06. The summed E-state index contributed by atoms with van der Waals surface area (Å²) in [5, 5.41) is 22.9. The summed E-state index contributed by atoms with van der Waals surface area (Å²) in [4.78, 5) is 22.7. The number of rotatable bonds is 5. The van der Waals surface area contributed by atoms with Crippen LogP contribution in [0.5, 0.6) is 5.75 Å². The van der Waals surface area contributed by atoms with E-state index in [2.05, 4.69) is 5.32 Å². The molecule has 0 unspecified atom stereocenters. The van der Waals surface area contributed by atoms with Gasteiger partial charge >= 0.3 is 6.09 Å². The highest BCUT2D eigenvalue weighted by molar-refractivity contribution is 5.66. The molecule has 1 aromatic carbocycles. The van der Waals surface area contributed by atoms with E-state index in [-0.39, 0.29) is 11.6 Å². The van der Waals surface area contributed by atoms with Crippen LogP contribution in [-0.4, -0.2) is 47.8 Å². The number of nitrogens with zero attached hydrogens (tertiary/aromatic N) is 2. The maximum Gasteiger partial charge on any atom is 0.407 e. The Balaban J connectivity index is 2.02. The molecule has 0 aliphatic carbocycles. The summed E-state index contributed by atoms with van der Waals surface area (Å²) in [6.07, 6.45) is -0.179. The van der Waals surface area contributed by atoms with Gasteiger partial charge in [-0.05, 0) is 18.4 Å². The first-order chi connectivity index (χ1) is 10.0. The first-order valence-corrected chi connectivity index (χ1v) is 6.55. The molecule has 8 nitrogen and oxygen atoms in total. The van der Waals surface area contributed by atoms with Crippen molar-refractivity contribution >= 4 is 17.5 Å². The Morgan fingerprint density at radius 3 is 2.95 bits per heavy atom. The fourth-order valence-electron chi connectivity index (χ4n) is 2.37. The maximum atomic E-state index is 11.0. The van der Waals surface area contributed by atoms with Gasteiger partial charge in [0, 0.05) is 31.8 Å². The summed E-state index contributed by atoms with van der Waals surface area (Å²) in [6.45, 7) is 1.43. The topological polar surface area (TPSA) is 105 Å². The van der Waals surface area contributed by atoms with E-state index < -0.39 is 11.0 Å². The van der Waals surface area contributed by atoms with Gasteiger partial charge in [-0.1, -0.05) is 0 Å². The number of nitro groups is 1. The summed E-state index contributed by atoms with van der Waals surface area (Å²) >= 11 is 0. The number of nitro benzene ring substituents is 1. The molecule has 1 fully saturated rings. The number of nitrogens with one attached hydrogen (secondary N) is 1. The molecule has 1 aromatic rings. The molecule has 8 heteroatoms. The van der Waals surface area contributed by atoms with Crippen LogP contribution in [0.25, 0.3) is 0 Å². The zero-order valence-electron chi connectivity index (χ0n) is 11.6. The van der Waals surface area contributed by atoms with Gasteiger partial charge in [0.05, 0.1) is 12.0 Å². The molecule has 1 saturated heterocycles. The standard InChI is InChI=1S/C13H17N3O5/c1-21-10-2-3-12(16(19)20)11(6-10)14-7-9-4-5-15(8-9)13(17)18/h2-3,6,9,14H,4-5,7-8H2,1H3,(H,17,18)/t9-/m0/s1. The monoisotopic (exact) mass is 295 g/mol. The van der Waals surface area contributed by atoms with Gasteiger partial charge in [0.25, 0.3) is 5.69 Å². The molecular formula is C13H17N3O5. The zero-order chi connectivity index (χ0) is 15.4. The molecule has 1 heterocycles. The number of anilines is 1. The highest BCUT2D eigenvalue weighted by atomic mass is 16.6. The molecule has 1 aliphatic heterocycles. The third-order valence-corrected chi connectivity index (χ3v) is 3.54. The lowest BCUT2D eigenvalue weighted by atomic mass is 10.1. The fraction of sp³-hybridized carbons (Fsp3) is 0.462. The smallest absolute Gasteiger partial charge is 0.407 e. The molecular weight excluding hydrogens is 278 g/mol. The molecule has 1 amide bonds. The van der Waals surface area contributed by atoms with E-state index in [9.17, 15) is 14.9 Å². The second-order valence-corrected chi connectivity index (χ2v) is 4.90. The van der Waals surface area contributed by atoms with Gasteiger partial charge in [-0.15, -0.1) is 0 Å². The van der Waals surface area contributed by atoms with Crippen molar-refractivity contribution in [2.24, 2.45) is 5.92 Å². The summed E-state index contributed by atoms with van der Waals surface area (Å²) in [7, 11) is 1.49. The number of benzene rings is 1. The van der Waals surface area contributed by atoms with E-state index in [1.54, 1.807) is 6.07 Å². The minimum atomic E-state index is -0.926. The fourth-order valence-corrected chi connectivity index (χ4v) is 2.37. The SMILES string of the molecule is COc1ccc([N+](=O)[O-])c(NC[C@@H]2CCN(C(=O)O)C2)c1. The van der Waals surface area contributed by atoms with Crippen molar-refractivity contribution in [1.29, 1.82) is 0 Å². The highest BCUT2D eigenvalue weighted by Gasteiger charge is 2.26. The van der Waals surface area contributed by atoms with E-state index in [0.717, 1.165) is 6.42 Å². The Kier molecular flexibility index (Phi) is 4.46. The van der Waals surface area contributed by atoms with Crippen molar-refractivity contribution < 1.29 is 19.6 Å². The second-order valence-electron chi connectivity index (χ2n) is 4.90. The minimum Gasteiger partial charge on any atom is -0.497 e. The Bertz CT molecular complexity index is 549. The predicted molar refractivity (Wildman–Crippen MR) is 75.8 cm³/mol. The second kappa shape index (κ2) is 6.29. The van der Waals surface area contributed by atoms with Gasteiger partial charge in [0.1, 0.15) is 11.4 Å². The average molecular weight is 295 g/mol. The van der Waals surface area contributed by atoms with Gasteiger partial charge < -0.3 is 20.1 Å². The van der Waals surface area contributed by atoms with E-state index >= 15 is 0 Å². The normalized spacial score (nSPS) is 17.6. The average Bonchev–Trinajstić information content (AvgIpc) is 2.93. The Labute approximate surface area is 121 Å². The van der Waals surface area contributed by atoms with Crippen LogP contribution in [-0.2, 0) is 0 Å². The lowest BCUT2D eigenvalue weighted by molar-refractivity contribution is -0.384. The number of methoxy groups -OCH3 is 1. The van der Waals surface area contributed by atoms with E-state index in [1.807, 2.05) is 0 Å². The Morgan fingerprint density at radius 1 is 1.62 bits per heavy atom. The molecule has 0 spiro atoms. The quantitative estimate of drug-likeness (QED) is 0.636. The molecule has 21 heavy (non-hydrogen) atoms. The molecule has 0 bridgehead atoms. The van der Waals surface area contributed by atoms with Gasteiger partial charge in [-0.2, -0.15) is 0 Å². The van der Waals surface area contributed by atoms with Crippen LogP contribution in [0.15, 0.2) is 18.2 Å². The van der Waals surface area contributed by atoms with Crippen LogP contribution < -0.4 is 10.1 Å². The molecule has 1 aliphatic rings. The molecule has 0 radical (unpaired) electrons.